The first kappa shape index (κ1) is 22.9. The molecule has 2 N–H and O–H groups in total. The maximum atomic E-state index is 13.1. The van der Waals surface area contributed by atoms with Gasteiger partial charge in [0.1, 0.15) is 11.9 Å². The number of sulfone groups is 1. The molecule has 1 saturated carbocycles. The Morgan fingerprint density at radius 3 is 2.10 bits per heavy atom. The molecule has 0 aromatic heterocycles. The van der Waals surface area contributed by atoms with Crippen LogP contribution in [0.2, 0.25) is 0 Å². The molecule has 0 bridgehead atoms. The van der Waals surface area contributed by atoms with Crippen LogP contribution in [0.5, 0.6) is 0 Å². The van der Waals surface area contributed by atoms with Gasteiger partial charge in [0.2, 0.25) is 5.91 Å². The molecule has 1 fully saturated rings. The molecule has 2 amide bonds. The molecule has 0 radical (unpaired) electrons. The Morgan fingerprint density at radius 1 is 0.968 bits per heavy atom. The number of carbonyl (C=O) groups excluding carboxylic acids is 2. The van der Waals surface area contributed by atoms with Crippen molar-refractivity contribution in [1.82, 2.24) is 5.32 Å². The van der Waals surface area contributed by atoms with E-state index in [4.69, 9.17) is 0 Å². The van der Waals surface area contributed by atoms with Gasteiger partial charge in [0.05, 0.1) is 10.1 Å². The molecule has 1 atom stereocenters. The quantitative estimate of drug-likeness (QED) is 0.674. The van der Waals surface area contributed by atoms with Crippen LogP contribution in [0.15, 0.2) is 53.4 Å². The number of halogens is 1. The van der Waals surface area contributed by atoms with Gasteiger partial charge in [-0.3, -0.25) is 9.59 Å². The van der Waals surface area contributed by atoms with Crippen LogP contribution < -0.4 is 10.6 Å². The standard InChI is InChI=1S/C23H27FN2O4S/c1-15(2)21(26-22(27)16-7-9-17(24)10-8-16)23(28)25-18-11-13-20(14-12-18)31(29,30)19-5-3-4-6-19/h7-15,19,21H,3-6H2,1-2H3,(H,25,28)(H,26,27). The highest BCUT2D eigenvalue weighted by molar-refractivity contribution is 7.92. The molecule has 1 aliphatic rings. The van der Waals surface area contributed by atoms with Crippen LogP contribution >= 0.6 is 0 Å². The van der Waals surface area contributed by atoms with Gasteiger partial charge in [0, 0.05) is 11.3 Å². The molecule has 3 rings (SSSR count). The lowest BCUT2D eigenvalue weighted by Gasteiger charge is -2.22. The van der Waals surface area contributed by atoms with Crippen LogP contribution in [0.3, 0.4) is 0 Å². The van der Waals surface area contributed by atoms with E-state index in [1.54, 1.807) is 26.0 Å². The van der Waals surface area contributed by atoms with Gasteiger partial charge in [-0.1, -0.05) is 26.7 Å². The van der Waals surface area contributed by atoms with Crippen LogP contribution in [0, 0.1) is 11.7 Å². The molecule has 8 heteroatoms. The van der Waals surface area contributed by atoms with Crippen molar-refractivity contribution in [3.05, 3.63) is 59.9 Å². The summed E-state index contributed by atoms with van der Waals surface area (Å²) in [7, 11) is -3.36. The molecule has 0 saturated heterocycles. The summed E-state index contributed by atoms with van der Waals surface area (Å²) in [6.45, 7) is 3.60. The van der Waals surface area contributed by atoms with Gasteiger partial charge < -0.3 is 10.6 Å². The predicted octanol–water partition coefficient (Wildman–Crippen LogP) is 3.94. The number of hydrogen-bond donors (Lipinski definition) is 2. The van der Waals surface area contributed by atoms with Crippen LogP contribution in [-0.4, -0.2) is 31.5 Å². The van der Waals surface area contributed by atoms with Crippen molar-refractivity contribution in [1.29, 1.82) is 0 Å². The lowest BCUT2D eigenvalue weighted by molar-refractivity contribution is -0.118. The average molecular weight is 447 g/mol. The number of hydrogen-bond acceptors (Lipinski definition) is 4. The van der Waals surface area contributed by atoms with Gasteiger partial charge in [-0.15, -0.1) is 0 Å². The minimum absolute atomic E-state index is 0.202. The molecule has 1 unspecified atom stereocenters. The third kappa shape index (κ3) is 5.50. The highest BCUT2D eigenvalue weighted by Gasteiger charge is 2.30. The first-order valence-electron chi connectivity index (χ1n) is 10.4. The molecule has 166 valence electrons. The zero-order chi connectivity index (χ0) is 22.6. The topological polar surface area (TPSA) is 92.3 Å². The lowest BCUT2D eigenvalue weighted by atomic mass is 10.0. The van der Waals surface area contributed by atoms with Gasteiger partial charge in [-0.05, 0) is 67.3 Å². The molecule has 6 nitrogen and oxygen atoms in total. The summed E-state index contributed by atoms with van der Waals surface area (Å²) in [6.07, 6.45) is 3.23. The monoisotopic (exact) mass is 446 g/mol. The van der Waals surface area contributed by atoms with Crippen LogP contribution in [-0.2, 0) is 14.6 Å². The van der Waals surface area contributed by atoms with E-state index in [1.807, 2.05) is 0 Å². The summed E-state index contributed by atoms with van der Waals surface area (Å²) in [6, 6.07) is 10.4. The van der Waals surface area contributed by atoms with E-state index in [2.05, 4.69) is 10.6 Å². The molecule has 0 aliphatic heterocycles. The minimum atomic E-state index is -3.36. The van der Waals surface area contributed by atoms with Crippen molar-refractivity contribution in [2.24, 2.45) is 5.92 Å². The number of benzene rings is 2. The Labute approximate surface area is 182 Å². The van der Waals surface area contributed by atoms with E-state index in [-0.39, 0.29) is 21.6 Å². The zero-order valence-electron chi connectivity index (χ0n) is 17.6. The summed E-state index contributed by atoms with van der Waals surface area (Å²) in [5, 5.41) is 5.07. The molecule has 0 spiro atoms. The fraction of sp³-hybridized carbons (Fsp3) is 0.391. The highest BCUT2D eigenvalue weighted by Crippen LogP contribution is 2.30. The SMILES string of the molecule is CC(C)C(NC(=O)c1ccc(F)cc1)C(=O)Nc1ccc(S(=O)(=O)C2CCCC2)cc1. The fourth-order valence-corrected chi connectivity index (χ4v) is 5.55. The van der Waals surface area contributed by atoms with Crippen molar-refractivity contribution < 1.29 is 22.4 Å². The summed E-state index contributed by atoms with van der Waals surface area (Å²) in [5.41, 5.74) is 0.693. The van der Waals surface area contributed by atoms with E-state index in [0.717, 1.165) is 12.8 Å². The molecule has 2 aromatic rings. The molecule has 1 aliphatic carbocycles. The smallest absolute Gasteiger partial charge is 0.251 e. The normalized spacial score (nSPS) is 15.6. The van der Waals surface area contributed by atoms with E-state index >= 15 is 0 Å². The van der Waals surface area contributed by atoms with Gasteiger partial charge in [-0.2, -0.15) is 0 Å². The van der Waals surface area contributed by atoms with E-state index < -0.39 is 33.5 Å². The van der Waals surface area contributed by atoms with Crippen molar-refractivity contribution in [2.45, 2.75) is 55.7 Å². The van der Waals surface area contributed by atoms with Crippen LogP contribution in [0.1, 0.15) is 49.9 Å². The van der Waals surface area contributed by atoms with Gasteiger partial charge in [0.25, 0.3) is 5.91 Å². The largest absolute Gasteiger partial charge is 0.340 e. The minimum Gasteiger partial charge on any atom is -0.340 e. The summed E-state index contributed by atoms with van der Waals surface area (Å²) in [5.74, 6) is -1.55. The first-order valence-corrected chi connectivity index (χ1v) is 11.9. The van der Waals surface area contributed by atoms with Gasteiger partial charge >= 0.3 is 0 Å². The maximum absolute atomic E-state index is 13.1. The Morgan fingerprint density at radius 2 is 1.55 bits per heavy atom. The Hall–Kier alpha value is -2.74. The highest BCUT2D eigenvalue weighted by atomic mass is 32.2. The van der Waals surface area contributed by atoms with Crippen molar-refractivity contribution in [3.63, 3.8) is 0 Å². The zero-order valence-corrected chi connectivity index (χ0v) is 18.4. The molecule has 0 heterocycles. The van der Waals surface area contributed by atoms with Crippen molar-refractivity contribution in [2.75, 3.05) is 5.32 Å². The Balaban J connectivity index is 1.67. The second-order valence-electron chi connectivity index (χ2n) is 8.17. The number of amides is 2. The van der Waals surface area contributed by atoms with E-state index in [9.17, 15) is 22.4 Å². The van der Waals surface area contributed by atoms with Gasteiger partial charge in [0.15, 0.2) is 9.84 Å². The number of carbonyl (C=O) groups is 2. The molecular weight excluding hydrogens is 419 g/mol. The third-order valence-corrected chi connectivity index (χ3v) is 7.81. The summed E-state index contributed by atoms with van der Waals surface area (Å²) >= 11 is 0. The number of nitrogens with one attached hydrogen (secondary N) is 2. The number of anilines is 1. The Bertz CT molecular complexity index is 1030. The third-order valence-electron chi connectivity index (χ3n) is 5.53. The second-order valence-corrected chi connectivity index (χ2v) is 10.4. The van der Waals surface area contributed by atoms with E-state index in [0.29, 0.717) is 18.5 Å². The summed E-state index contributed by atoms with van der Waals surface area (Å²) < 4.78 is 38.4. The van der Waals surface area contributed by atoms with Crippen LogP contribution in [0.25, 0.3) is 0 Å². The maximum Gasteiger partial charge on any atom is 0.251 e. The second kappa shape index (κ2) is 9.60. The van der Waals surface area contributed by atoms with Crippen molar-refractivity contribution in [3.8, 4) is 0 Å². The average Bonchev–Trinajstić information content (AvgIpc) is 3.28. The lowest BCUT2D eigenvalue weighted by Crippen LogP contribution is -2.47. The first-order chi connectivity index (χ1) is 14.7. The summed E-state index contributed by atoms with van der Waals surface area (Å²) in [4.78, 5) is 25.4. The van der Waals surface area contributed by atoms with Gasteiger partial charge in [-0.25, -0.2) is 12.8 Å². The predicted molar refractivity (Wildman–Crippen MR) is 117 cm³/mol. The molecule has 2 aromatic carbocycles. The Kier molecular flexibility index (Phi) is 7.10. The van der Waals surface area contributed by atoms with E-state index in [1.165, 1.54) is 36.4 Å². The number of rotatable bonds is 7. The van der Waals surface area contributed by atoms with Crippen LogP contribution in [0.4, 0.5) is 10.1 Å². The van der Waals surface area contributed by atoms with Crippen molar-refractivity contribution >= 4 is 27.3 Å². The fourth-order valence-electron chi connectivity index (χ4n) is 3.70. The molecule has 31 heavy (non-hydrogen) atoms. The molecular formula is C23H27FN2O4S.